The number of hydrogen-bond acceptors (Lipinski definition) is 7. The zero-order valence-electron chi connectivity index (χ0n) is 26.8. The molecule has 47 heavy (non-hydrogen) atoms. The molecule has 0 radical (unpaired) electrons. The highest BCUT2D eigenvalue weighted by molar-refractivity contribution is 7.89. The van der Waals surface area contributed by atoms with Crippen LogP contribution in [0, 0.1) is 12.8 Å². The van der Waals surface area contributed by atoms with Gasteiger partial charge in [-0.15, -0.1) is 0 Å². The molecule has 1 fully saturated rings. The Kier molecular flexibility index (Phi) is 10.7. The summed E-state index contributed by atoms with van der Waals surface area (Å²) in [5, 5.41) is 15.0. The van der Waals surface area contributed by atoms with Gasteiger partial charge in [0.2, 0.25) is 15.9 Å². The van der Waals surface area contributed by atoms with Gasteiger partial charge in [0, 0.05) is 68.5 Å². The number of carbonyl (C=O) groups excluding carboxylic acids is 2. The van der Waals surface area contributed by atoms with Crippen LogP contribution in [0.25, 0.3) is 17.2 Å². The van der Waals surface area contributed by atoms with Crippen LogP contribution >= 0.6 is 0 Å². The Morgan fingerprint density at radius 2 is 1.81 bits per heavy atom. The lowest BCUT2D eigenvalue weighted by Crippen LogP contribution is -2.51. The summed E-state index contributed by atoms with van der Waals surface area (Å²) in [6, 6.07) is 19.6. The summed E-state index contributed by atoms with van der Waals surface area (Å²) >= 11 is 0. The maximum absolute atomic E-state index is 13.7. The standard InChI is InChI=1S/C35H42N6O5S/c1-3-14-40(15-6-13-37-35(44)38-30-9-4-7-24(2)16-30)34(43)29-17-28-12-11-27(19-32(28)39-33(36)20-29)26-8-5-10-31(18-26)47(45,46)41-21-25(22-41)23-42/h4-5,7-12,16-19,25,42H,3,6,13-15,20-23H2,1-2H3,(H2,36,39)(H2,37,38,44). The highest BCUT2D eigenvalue weighted by Crippen LogP contribution is 2.34. The molecule has 0 aromatic heterocycles. The normalized spacial score (nSPS) is 15.0. The fraction of sp³-hybridized carbons (Fsp3) is 0.343. The number of nitrogens with two attached hydrogens (primary N) is 1. The van der Waals surface area contributed by atoms with Crippen molar-refractivity contribution >= 4 is 45.2 Å². The summed E-state index contributed by atoms with van der Waals surface area (Å²) in [4.78, 5) is 32.6. The summed E-state index contributed by atoms with van der Waals surface area (Å²) in [5.74, 6) is 0.150. The highest BCUT2D eigenvalue weighted by Gasteiger charge is 2.36. The molecule has 5 rings (SSSR count). The number of anilines is 1. The van der Waals surface area contributed by atoms with Gasteiger partial charge in [0.05, 0.1) is 10.6 Å². The number of amides is 3. The van der Waals surface area contributed by atoms with E-state index in [4.69, 9.17) is 5.73 Å². The smallest absolute Gasteiger partial charge is 0.319 e. The second kappa shape index (κ2) is 14.9. The second-order valence-corrected chi connectivity index (χ2v) is 14.0. The van der Waals surface area contributed by atoms with Crippen LogP contribution in [0.2, 0.25) is 0 Å². The predicted octanol–water partition coefficient (Wildman–Crippen LogP) is 4.50. The third-order valence-electron chi connectivity index (χ3n) is 8.20. The summed E-state index contributed by atoms with van der Waals surface area (Å²) in [6.45, 7) is 5.99. The largest absolute Gasteiger partial charge is 0.396 e. The summed E-state index contributed by atoms with van der Waals surface area (Å²) < 4.78 is 27.6. The Hall–Kier alpha value is -4.52. The fourth-order valence-corrected chi connectivity index (χ4v) is 7.32. The van der Waals surface area contributed by atoms with Crippen molar-refractivity contribution in [3.63, 3.8) is 0 Å². The van der Waals surface area contributed by atoms with Crippen LogP contribution in [0.3, 0.4) is 0 Å². The van der Waals surface area contributed by atoms with Gasteiger partial charge in [0.25, 0.3) is 0 Å². The topological polar surface area (TPSA) is 157 Å². The minimum Gasteiger partial charge on any atom is -0.396 e. The van der Waals surface area contributed by atoms with Gasteiger partial charge in [-0.1, -0.05) is 43.3 Å². The van der Waals surface area contributed by atoms with Crippen LogP contribution in [-0.2, 0) is 14.8 Å². The number of aryl methyl sites for hydroxylation is 1. The molecule has 11 nitrogen and oxygen atoms in total. The van der Waals surface area contributed by atoms with Crippen molar-refractivity contribution in [3.8, 4) is 11.1 Å². The average molecular weight is 659 g/mol. The number of fused-ring (bicyclic) bond motifs is 1. The SMILES string of the molecule is CCCN(CCCNC(=O)Nc1cccc(C)c1)C(=O)C1=Cc2ccc(-c3cccc(S(=O)(=O)N4CC(CO)C4)c3)cc2N=C(N)C1. The number of nitrogens with zero attached hydrogens (tertiary/aromatic N) is 3. The number of sulfonamides is 1. The first-order valence-corrected chi connectivity index (χ1v) is 17.3. The van der Waals surface area contributed by atoms with E-state index in [1.807, 2.05) is 68.5 Å². The molecule has 2 heterocycles. The number of hydrogen-bond donors (Lipinski definition) is 4. The van der Waals surface area contributed by atoms with Gasteiger partial charge in [0.15, 0.2) is 0 Å². The zero-order valence-corrected chi connectivity index (χ0v) is 27.6. The van der Waals surface area contributed by atoms with Crippen LogP contribution in [0.4, 0.5) is 16.2 Å². The quantitative estimate of drug-likeness (QED) is 0.210. The third-order valence-corrected chi connectivity index (χ3v) is 10.0. The van der Waals surface area contributed by atoms with Crippen LogP contribution in [0.5, 0.6) is 0 Å². The molecule has 3 aromatic rings. The molecule has 2 aliphatic rings. The maximum Gasteiger partial charge on any atom is 0.319 e. The van der Waals surface area contributed by atoms with E-state index in [1.54, 1.807) is 23.1 Å². The number of carbonyl (C=O) groups is 2. The molecule has 3 amide bonds. The highest BCUT2D eigenvalue weighted by atomic mass is 32.2. The molecule has 2 aliphatic heterocycles. The number of aliphatic imine (C=N–C) groups is 1. The molecule has 5 N–H and O–H groups in total. The Morgan fingerprint density at radius 1 is 1.04 bits per heavy atom. The third kappa shape index (κ3) is 8.26. The van der Waals surface area contributed by atoms with E-state index < -0.39 is 10.0 Å². The van der Waals surface area contributed by atoms with Gasteiger partial charge in [-0.05, 0) is 72.9 Å². The van der Waals surface area contributed by atoms with Crippen molar-refractivity contribution in [2.24, 2.45) is 16.6 Å². The number of amidine groups is 1. The van der Waals surface area contributed by atoms with E-state index in [1.165, 1.54) is 4.31 Å². The Morgan fingerprint density at radius 3 is 2.55 bits per heavy atom. The van der Waals surface area contributed by atoms with E-state index in [9.17, 15) is 23.1 Å². The monoisotopic (exact) mass is 658 g/mol. The van der Waals surface area contributed by atoms with Gasteiger partial charge >= 0.3 is 6.03 Å². The minimum atomic E-state index is -3.67. The van der Waals surface area contributed by atoms with E-state index >= 15 is 0 Å². The number of urea groups is 1. The molecule has 1 saturated heterocycles. The van der Waals surface area contributed by atoms with Crippen LogP contribution < -0.4 is 16.4 Å². The molecule has 0 spiro atoms. The van der Waals surface area contributed by atoms with Crippen molar-refractivity contribution in [1.82, 2.24) is 14.5 Å². The molecule has 0 aliphatic carbocycles. The van der Waals surface area contributed by atoms with Crippen molar-refractivity contribution < 1.29 is 23.1 Å². The van der Waals surface area contributed by atoms with E-state index in [0.29, 0.717) is 61.8 Å². The molecule has 248 valence electrons. The van der Waals surface area contributed by atoms with E-state index in [0.717, 1.165) is 28.8 Å². The van der Waals surface area contributed by atoms with Gasteiger partial charge < -0.3 is 26.4 Å². The van der Waals surface area contributed by atoms with Crippen molar-refractivity contribution in [3.05, 3.63) is 83.4 Å². The Balaban J connectivity index is 1.26. The molecule has 0 saturated carbocycles. The first-order chi connectivity index (χ1) is 22.6. The lowest BCUT2D eigenvalue weighted by molar-refractivity contribution is -0.127. The fourth-order valence-electron chi connectivity index (χ4n) is 5.68. The predicted molar refractivity (Wildman–Crippen MR) is 185 cm³/mol. The molecular weight excluding hydrogens is 616 g/mol. The summed E-state index contributed by atoms with van der Waals surface area (Å²) in [6.07, 6.45) is 3.37. The van der Waals surface area contributed by atoms with Crippen molar-refractivity contribution in [2.45, 2.75) is 38.0 Å². The number of aliphatic hydroxyl groups excluding tert-OH is 1. The molecule has 0 bridgehead atoms. The van der Waals surface area contributed by atoms with Crippen LogP contribution in [0.15, 0.2) is 82.2 Å². The first kappa shape index (κ1) is 33.8. The van der Waals surface area contributed by atoms with Gasteiger partial charge in [0.1, 0.15) is 5.84 Å². The second-order valence-electron chi connectivity index (χ2n) is 12.0. The van der Waals surface area contributed by atoms with Crippen LogP contribution in [0.1, 0.15) is 37.3 Å². The summed E-state index contributed by atoms with van der Waals surface area (Å²) in [7, 11) is -3.67. The van der Waals surface area contributed by atoms with Crippen molar-refractivity contribution in [1.29, 1.82) is 0 Å². The number of aliphatic hydroxyl groups is 1. The molecule has 0 unspecified atom stereocenters. The van der Waals surface area contributed by atoms with Gasteiger partial charge in [-0.25, -0.2) is 18.2 Å². The minimum absolute atomic E-state index is 0.0281. The Labute approximate surface area is 276 Å². The number of nitrogens with one attached hydrogen (secondary N) is 2. The zero-order chi connectivity index (χ0) is 33.6. The molecule has 12 heteroatoms. The van der Waals surface area contributed by atoms with Crippen molar-refractivity contribution in [2.75, 3.05) is 44.6 Å². The average Bonchev–Trinajstić information content (AvgIpc) is 3.19. The molecule has 0 atom stereocenters. The lowest BCUT2D eigenvalue weighted by Gasteiger charge is -2.36. The van der Waals surface area contributed by atoms with Gasteiger partial charge in [-0.3, -0.25) is 4.79 Å². The van der Waals surface area contributed by atoms with E-state index in [2.05, 4.69) is 15.6 Å². The number of rotatable bonds is 12. The van der Waals surface area contributed by atoms with Crippen LogP contribution in [-0.4, -0.2) is 79.8 Å². The van der Waals surface area contributed by atoms with E-state index in [-0.39, 0.29) is 35.8 Å². The number of benzene rings is 3. The molecule has 3 aromatic carbocycles. The van der Waals surface area contributed by atoms with Gasteiger partial charge in [-0.2, -0.15) is 4.31 Å². The molecular formula is C35H42N6O5S. The maximum atomic E-state index is 13.7. The summed E-state index contributed by atoms with van der Waals surface area (Å²) in [5.41, 5.74) is 11.4. The Bertz CT molecular complexity index is 1800. The first-order valence-electron chi connectivity index (χ1n) is 15.9. The lowest BCUT2D eigenvalue weighted by atomic mass is 10.0.